The molecule has 0 amide bonds. The second-order valence-corrected chi connectivity index (χ2v) is 4.35. The van der Waals surface area contributed by atoms with Crippen molar-refractivity contribution in [3.63, 3.8) is 0 Å². The van der Waals surface area contributed by atoms with Gasteiger partial charge in [-0.2, -0.15) is 0 Å². The van der Waals surface area contributed by atoms with E-state index < -0.39 is 0 Å². The Morgan fingerprint density at radius 1 is 1.44 bits per heavy atom. The van der Waals surface area contributed by atoms with E-state index >= 15 is 0 Å². The first kappa shape index (κ1) is 12.9. The number of rotatable bonds is 4. The third kappa shape index (κ3) is 2.49. The molecule has 5 heteroatoms. The predicted molar refractivity (Wildman–Crippen MR) is 72.8 cm³/mol. The summed E-state index contributed by atoms with van der Waals surface area (Å²) in [5.74, 6) is 1.46. The summed E-state index contributed by atoms with van der Waals surface area (Å²) in [6.07, 6.45) is 0. The molecular weight excluding hydrogens is 250 g/mol. The Morgan fingerprint density at radius 3 is 2.78 bits per heavy atom. The highest BCUT2D eigenvalue weighted by molar-refractivity contribution is 6.32. The number of aryl methyl sites for hydroxylation is 1. The van der Waals surface area contributed by atoms with E-state index in [-0.39, 0.29) is 0 Å². The summed E-state index contributed by atoms with van der Waals surface area (Å²) in [5, 5.41) is 0.589. The molecule has 0 aliphatic heterocycles. The molecule has 0 saturated heterocycles. The van der Waals surface area contributed by atoms with Crippen molar-refractivity contribution in [1.29, 1.82) is 0 Å². The van der Waals surface area contributed by atoms with E-state index in [1.807, 2.05) is 32.0 Å². The second-order valence-electron chi connectivity index (χ2n) is 3.94. The Bertz CT molecular complexity index is 551. The number of H-pyrrole nitrogens is 1. The maximum atomic E-state index is 6.16. The fourth-order valence-electron chi connectivity index (χ4n) is 1.82. The molecule has 3 N–H and O–H groups in total. The van der Waals surface area contributed by atoms with Crippen LogP contribution in [0.1, 0.15) is 18.4 Å². The van der Waals surface area contributed by atoms with Crippen LogP contribution in [0, 0.1) is 6.92 Å². The molecule has 96 valence electrons. The molecule has 0 spiro atoms. The van der Waals surface area contributed by atoms with Crippen molar-refractivity contribution in [1.82, 2.24) is 9.97 Å². The first-order valence-electron chi connectivity index (χ1n) is 5.84. The SMILES string of the molecule is CCOc1ccc(-c2nc(CN)[nH]c2C)cc1Cl. The van der Waals surface area contributed by atoms with Gasteiger partial charge in [0.2, 0.25) is 0 Å². The molecule has 0 unspecified atom stereocenters. The lowest BCUT2D eigenvalue weighted by molar-refractivity contribution is 0.340. The largest absolute Gasteiger partial charge is 0.492 e. The van der Waals surface area contributed by atoms with Gasteiger partial charge in [0.15, 0.2) is 0 Å². The van der Waals surface area contributed by atoms with Crippen molar-refractivity contribution in [2.75, 3.05) is 6.61 Å². The summed E-state index contributed by atoms with van der Waals surface area (Å²) in [6.45, 7) is 4.88. The summed E-state index contributed by atoms with van der Waals surface area (Å²) in [6, 6.07) is 5.66. The molecule has 0 radical (unpaired) electrons. The van der Waals surface area contributed by atoms with Gasteiger partial charge in [0.05, 0.1) is 23.9 Å². The zero-order chi connectivity index (χ0) is 13.1. The Hall–Kier alpha value is -1.52. The third-order valence-corrected chi connectivity index (χ3v) is 2.93. The van der Waals surface area contributed by atoms with E-state index in [2.05, 4.69) is 9.97 Å². The smallest absolute Gasteiger partial charge is 0.137 e. The molecule has 1 aromatic heterocycles. The van der Waals surface area contributed by atoms with Gasteiger partial charge in [-0.1, -0.05) is 11.6 Å². The highest BCUT2D eigenvalue weighted by atomic mass is 35.5. The van der Waals surface area contributed by atoms with E-state index in [0.29, 0.717) is 23.9 Å². The van der Waals surface area contributed by atoms with Crippen LogP contribution in [-0.4, -0.2) is 16.6 Å². The van der Waals surface area contributed by atoms with Gasteiger partial charge in [-0.3, -0.25) is 0 Å². The molecular formula is C13H16ClN3O. The molecule has 18 heavy (non-hydrogen) atoms. The highest BCUT2D eigenvalue weighted by Gasteiger charge is 2.10. The molecule has 2 rings (SSSR count). The standard InChI is InChI=1S/C13H16ClN3O/c1-3-18-11-5-4-9(6-10(11)14)13-8(2)16-12(7-15)17-13/h4-6H,3,7,15H2,1-2H3,(H,16,17). The third-order valence-electron chi connectivity index (χ3n) is 2.63. The van der Waals surface area contributed by atoms with Gasteiger partial charge in [0.1, 0.15) is 11.6 Å². The number of ether oxygens (including phenoxy) is 1. The zero-order valence-corrected chi connectivity index (χ0v) is 11.2. The Kier molecular flexibility index (Phi) is 3.89. The Labute approximate surface area is 111 Å². The summed E-state index contributed by atoms with van der Waals surface area (Å²) in [7, 11) is 0. The Morgan fingerprint density at radius 2 is 2.22 bits per heavy atom. The summed E-state index contributed by atoms with van der Waals surface area (Å²) in [5.41, 5.74) is 8.38. The fraction of sp³-hybridized carbons (Fsp3) is 0.308. The number of benzene rings is 1. The van der Waals surface area contributed by atoms with Crippen molar-refractivity contribution < 1.29 is 4.74 Å². The first-order chi connectivity index (χ1) is 8.65. The minimum atomic E-state index is 0.394. The normalized spacial score (nSPS) is 10.7. The molecule has 1 aromatic carbocycles. The van der Waals surface area contributed by atoms with Crippen LogP contribution >= 0.6 is 11.6 Å². The van der Waals surface area contributed by atoms with Gasteiger partial charge in [0.25, 0.3) is 0 Å². The number of hydrogen-bond donors (Lipinski definition) is 2. The van der Waals surface area contributed by atoms with E-state index in [4.69, 9.17) is 22.1 Å². The fourth-order valence-corrected chi connectivity index (χ4v) is 2.06. The minimum Gasteiger partial charge on any atom is -0.492 e. The number of hydrogen-bond acceptors (Lipinski definition) is 3. The highest BCUT2D eigenvalue weighted by Crippen LogP contribution is 2.30. The van der Waals surface area contributed by atoms with Crippen LogP contribution in [0.2, 0.25) is 5.02 Å². The maximum Gasteiger partial charge on any atom is 0.137 e. The average molecular weight is 266 g/mol. The number of nitrogens with one attached hydrogen (secondary N) is 1. The number of imidazole rings is 1. The number of nitrogens with zero attached hydrogens (tertiary/aromatic N) is 1. The molecule has 0 fully saturated rings. The van der Waals surface area contributed by atoms with Gasteiger partial charge in [-0.05, 0) is 32.0 Å². The van der Waals surface area contributed by atoms with Gasteiger partial charge in [0, 0.05) is 11.3 Å². The molecule has 2 aromatic rings. The monoisotopic (exact) mass is 265 g/mol. The van der Waals surface area contributed by atoms with Crippen molar-refractivity contribution in [2.45, 2.75) is 20.4 Å². The van der Waals surface area contributed by atoms with Crippen LogP contribution in [0.25, 0.3) is 11.3 Å². The topological polar surface area (TPSA) is 63.9 Å². The summed E-state index contributed by atoms with van der Waals surface area (Å²) >= 11 is 6.16. The van der Waals surface area contributed by atoms with E-state index in [0.717, 1.165) is 22.8 Å². The molecule has 0 bridgehead atoms. The average Bonchev–Trinajstić information content (AvgIpc) is 2.73. The van der Waals surface area contributed by atoms with Crippen LogP contribution in [0.5, 0.6) is 5.75 Å². The molecule has 0 saturated carbocycles. The van der Waals surface area contributed by atoms with Gasteiger partial charge >= 0.3 is 0 Å². The van der Waals surface area contributed by atoms with Crippen molar-refractivity contribution in [2.24, 2.45) is 5.73 Å². The first-order valence-corrected chi connectivity index (χ1v) is 6.21. The second kappa shape index (κ2) is 5.42. The molecule has 4 nitrogen and oxygen atoms in total. The predicted octanol–water partition coefficient (Wildman–Crippen LogP) is 2.90. The molecule has 1 heterocycles. The molecule has 0 aliphatic rings. The summed E-state index contributed by atoms with van der Waals surface area (Å²) < 4.78 is 5.40. The Balaban J connectivity index is 2.38. The van der Waals surface area contributed by atoms with Crippen molar-refractivity contribution >= 4 is 11.6 Å². The van der Waals surface area contributed by atoms with E-state index in [1.54, 1.807) is 0 Å². The molecule has 0 aliphatic carbocycles. The lowest BCUT2D eigenvalue weighted by atomic mass is 10.1. The van der Waals surface area contributed by atoms with E-state index in [9.17, 15) is 0 Å². The van der Waals surface area contributed by atoms with Crippen LogP contribution in [0.4, 0.5) is 0 Å². The van der Waals surface area contributed by atoms with Crippen LogP contribution < -0.4 is 10.5 Å². The number of aromatic amines is 1. The number of nitrogens with two attached hydrogens (primary N) is 1. The van der Waals surface area contributed by atoms with Crippen molar-refractivity contribution in [3.8, 4) is 17.0 Å². The van der Waals surface area contributed by atoms with Gasteiger partial charge in [-0.25, -0.2) is 4.98 Å². The lowest BCUT2D eigenvalue weighted by Crippen LogP contribution is -1.98. The van der Waals surface area contributed by atoms with Gasteiger partial charge < -0.3 is 15.5 Å². The minimum absolute atomic E-state index is 0.394. The quantitative estimate of drug-likeness (QED) is 0.893. The lowest BCUT2D eigenvalue weighted by Gasteiger charge is -2.07. The number of halogens is 1. The summed E-state index contributed by atoms with van der Waals surface area (Å²) in [4.78, 5) is 7.58. The van der Waals surface area contributed by atoms with Crippen LogP contribution in [0.3, 0.4) is 0 Å². The van der Waals surface area contributed by atoms with Crippen LogP contribution in [-0.2, 0) is 6.54 Å². The van der Waals surface area contributed by atoms with E-state index in [1.165, 1.54) is 0 Å². The van der Waals surface area contributed by atoms with Crippen molar-refractivity contribution in [3.05, 3.63) is 34.7 Å². The van der Waals surface area contributed by atoms with Gasteiger partial charge in [-0.15, -0.1) is 0 Å². The molecule has 0 atom stereocenters. The maximum absolute atomic E-state index is 6.16. The van der Waals surface area contributed by atoms with Crippen LogP contribution in [0.15, 0.2) is 18.2 Å². The number of aromatic nitrogens is 2. The zero-order valence-electron chi connectivity index (χ0n) is 10.5.